The van der Waals surface area contributed by atoms with Crippen molar-refractivity contribution in [1.29, 1.82) is 0 Å². The number of carbonyl (C=O) groups is 3. The van der Waals surface area contributed by atoms with Crippen molar-refractivity contribution in [3.63, 3.8) is 0 Å². The fourth-order valence-corrected chi connectivity index (χ4v) is 5.03. The Bertz CT molecular complexity index is 1560. The number of urea groups is 2. The van der Waals surface area contributed by atoms with Crippen molar-refractivity contribution in [2.24, 2.45) is 4.99 Å². The molecular formula is C27H27ClN6O5S. The fraction of sp³-hybridized carbons (Fsp3) is 0.185. The molecule has 0 saturated carbocycles. The molecule has 1 heterocycles. The van der Waals surface area contributed by atoms with E-state index in [2.05, 4.69) is 20.9 Å². The zero-order valence-electron chi connectivity index (χ0n) is 21.6. The Labute approximate surface area is 236 Å². The third kappa shape index (κ3) is 6.58. The molecule has 0 aromatic heterocycles. The molecule has 4 rings (SSSR count). The predicted molar refractivity (Wildman–Crippen MR) is 153 cm³/mol. The summed E-state index contributed by atoms with van der Waals surface area (Å²) in [6, 6.07) is 17.9. The molecule has 5 amide bonds. The molecule has 4 N–H and O–H groups in total. The second kappa shape index (κ2) is 12.2. The van der Waals surface area contributed by atoms with Crippen LogP contribution in [0.5, 0.6) is 0 Å². The van der Waals surface area contributed by atoms with Crippen LogP contribution in [0.2, 0.25) is 5.02 Å². The summed E-state index contributed by atoms with van der Waals surface area (Å²) in [5.74, 6) is -0.474. The summed E-state index contributed by atoms with van der Waals surface area (Å²) in [6.07, 6.45) is -0.615. The largest absolute Gasteiger partial charge is 0.337 e. The number of halogens is 1. The number of benzene rings is 3. The van der Waals surface area contributed by atoms with Crippen molar-refractivity contribution in [3.8, 4) is 0 Å². The average molecular weight is 583 g/mol. The van der Waals surface area contributed by atoms with Gasteiger partial charge < -0.3 is 20.9 Å². The first-order valence-electron chi connectivity index (χ1n) is 12.3. The van der Waals surface area contributed by atoms with E-state index in [1.54, 1.807) is 25.2 Å². The lowest BCUT2D eigenvalue weighted by atomic mass is 10.0. The third-order valence-electron chi connectivity index (χ3n) is 5.90. The SMILES string of the molecule is CCCNC(=O)NS(=O)(=O)c1ccc(NC(=O)NC2N=C(c3ccccc3)c3cc(Cl)ccc3N(C)C2=O)cc1. The summed E-state index contributed by atoms with van der Waals surface area (Å²) in [7, 11) is -2.52. The molecule has 0 radical (unpaired) electrons. The van der Waals surface area contributed by atoms with Crippen LogP contribution in [-0.4, -0.2) is 51.9 Å². The van der Waals surface area contributed by atoms with Gasteiger partial charge in [-0.15, -0.1) is 0 Å². The Morgan fingerprint density at radius 3 is 2.38 bits per heavy atom. The molecular weight excluding hydrogens is 556 g/mol. The quantitative estimate of drug-likeness (QED) is 0.335. The number of aliphatic imine (C=N–C) groups is 1. The standard InChI is InChI=1S/C27H27ClN6O5S/c1-3-15-29-26(36)33-40(38,39)20-12-10-19(11-13-20)30-27(37)32-24-25(35)34(2)22-14-9-18(28)16-21(22)23(31-24)17-7-5-4-6-8-17/h4-14,16,24H,3,15H2,1-2H3,(H2,29,33,36)(H2,30,32,37). The molecule has 208 valence electrons. The molecule has 0 spiro atoms. The topological polar surface area (TPSA) is 149 Å². The van der Waals surface area contributed by atoms with E-state index in [0.29, 0.717) is 35.0 Å². The minimum atomic E-state index is -4.10. The Morgan fingerprint density at radius 1 is 1.00 bits per heavy atom. The lowest BCUT2D eigenvalue weighted by molar-refractivity contribution is -0.119. The minimum absolute atomic E-state index is 0.167. The lowest BCUT2D eigenvalue weighted by Gasteiger charge is -2.21. The number of benzodiazepines with no additional fused rings is 1. The number of sulfonamides is 1. The number of anilines is 2. The molecule has 0 saturated heterocycles. The van der Waals surface area contributed by atoms with Crippen LogP contribution in [0.3, 0.4) is 0 Å². The second-order valence-electron chi connectivity index (χ2n) is 8.79. The van der Waals surface area contributed by atoms with Crippen molar-refractivity contribution < 1.29 is 22.8 Å². The van der Waals surface area contributed by atoms with Crippen LogP contribution >= 0.6 is 11.6 Å². The first kappa shape index (κ1) is 28.6. The maximum absolute atomic E-state index is 13.3. The van der Waals surface area contributed by atoms with Crippen molar-refractivity contribution in [3.05, 3.63) is 88.9 Å². The van der Waals surface area contributed by atoms with Crippen molar-refractivity contribution in [1.82, 2.24) is 15.4 Å². The third-order valence-corrected chi connectivity index (χ3v) is 7.48. The first-order chi connectivity index (χ1) is 19.1. The number of amides is 5. The van der Waals surface area contributed by atoms with Crippen molar-refractivity contribution >= 4 is 56.7 Å². The van der Waals surface area contributed by atoms with Gasteiger partial charge in [-0.1, -0.05) is 48.9 Å². The van der Waals surface area contributed by atoms with E-state index < -0.39 is 34.2 Å². The highest BCUT2D eigenvalue weighted by molar-refractivity contribution is 7.90. The van der Waals surface area contributed by atoms with Crippen LogP contribution in [0, 0.1) is 0 Å². The number of hydrogen-bond acceptors (Lipinski definition) is 6. The number of fused-ring (bicyclic) bond motifs is 1. The maximum Gasteiger partial charge on any atom is 0.328 e. The van der Waals surface area contributed by atoms with Crippen LogP contribution < -0.4 is 25.6 Å². The highest BCUT2D eigenvalue weighted by atomic mass is 35.5. The summed E-state index contributed by atoms with van der Waals surface area (Å²) in [5, 5.41) is 8.05. The fourth-order valence-electron chi connectivity index (χ4n) is 3.93. The van der Waals surface area contributed by atoms with E-state index in [9.17, 15) is 22.8 Å². The highest BCUT2D eigenvalue weighted by Crippen LogP contribution is 2.30. The van der Waals surface area contributed by atoms with Crippen LogP contribution in [0.25, 0.3) is 0 Å². The monoisotopic (exact) mass is 582 g/mol. The smallest absolute Gasteiger partial charge is 0.328 e. The van der Waals surface area contributed by atoms with E-state index in [0.717, 1.165) is 5.56 Å². The van der Waals surface area contributed by atoms with Gasteiger partial charge in [-0.3, -0.25) is 4.79 Å². The van der Waals surface area contributed by atoms with Crippen LogP contribution in [0.4, 0.5) is 21.0 Å². The molecule has 1 aliphatic heterocycles. The van der Waals surface area contributed by atoms with E-state index >= 15 is 0 Å². The number of hydrogen-bond donors (Lipinski definition) is 4. The molecule has 0 fully saturated rings. The number of rotatable bonds is 7. The molecule has 40 heavy (non-hydrogen) atoms. The Hall–Kier alpha value is -4.42. The predicted octanol–water partition coefficient (Wildman–Crippen LogP) is 3.70. The maximum atomic E-state index is 13.3. The van der Waals surface area contributed by atoms with Gasteiger partial charge in [-0.25, -0.2) is 27.7 Å². The molecule has 3 aromatic carbocycles. The first-order valence-corrected chi connectivity index (χ1v) is 14.1. The summed E-state index contributed by atoms with van der Waals surface area (Å²) in [4.78, 5) is 43.8. The number of carbonyl (C=O) groups excluding carboxylic acids is 3. The molecule has 0 aliphatic carbocycles. The second-order valence-corrected chi connectivity index (χ2v) is 10.9. The van der Waals surface area contributed by atoms with Gasteiger partial charge in [0.1, 0.15) is 0 Å². The van der Waals surface area contributed by atoms with Gasteiger partial charge in [0.15, 0.2) is 0 Å². The molecule has 1 unspecified atom stereocenters. The number of likely N-dealkylation sites (N-methyl/N-ethyl adjacent to an activating group) is 1. The van der Waals surface area contributed by atoms with Gasteiger partial charge in [-0.05, 0) is 48.9 Å². The number of nitrogens with one attached hydrogen (secondary N) is 4. The Balaban J connectivity index is 1.53. The van der Waals surface area contributed by atoms with E-state index in [-0.39, 0.29) is 10.6 Å². The van der Waals surface area contributed by atoms with Gasteiger partial charge in [0.05, 0.1) is 16.3 Å². The van der Waals surface area contributed by atoms with E-state index in [1.807, 2.05) is 42.0 Å². The molecule has 1 atom stereocenters. The molecule has 1 aliphatic rings. The summed E-state index contributed by atoms with van der Waals surface area (Å²) in [6.45, 7) is 2.17. The Morgan fingerprint density at radius 2 is 1.70 bits per heavy atom. The number of nitrogens with zero attached hydrogens (tertiary/aromatic N) is 2. The van der Waals surface area contributed by atoms with Gasteiger partial charge in [-0.2, -0.15) is 0 Å². The molecule has 13 heteroatoms. The molecule has 0 bridgehead atoms. The van der Waals surface area contributed by atoms with Crippen LogP contribution in [-0.2, 0) is 14.8 Å². The molecule has 11 nitrogen and oxygen atoms in total. The normalized spacial score (nSPS) is 14.9. The van der Waals surface area contributed by atoms with Crippen LogP contribution in [0.15, 0.2) is 82.7 Å². The van der Waals surface area contributed by atoms with Gasteiger partial charge in [0.2, 0.25) is 6.17 Å². The Kier molecular flexibility index (Phi) is 8.70. The summed E-state index contributed by atoms with van der Waals surface area (Å²) >= 11 is 6.26. The van der Waals surface area contributed by atoms with Crippen molar-refractivity contribution in [2.75, 3.05) is 23.8 Å². The molecule has 3 aromatic rings. The summed E-state index contributed by atoms with van der Waals surface area (Å²) in [5.41, 5.74) is 2.67. The zero-order valence-corrected chi connectivity index (χ0v) is 23.2. The van der Waals surface area contributed by atoms with Gasteiger partial charge in [0, 0.05) is 35.4 Å². The average Bonchev–Trinajstić information content (AvgIpc) is 3.02. The zero-order chi connectivity index (χ0) is 28.9. The van der Waals surface area contributed by atoms with Gasteiger partial charge >= 0.3 is 12.1 Å². The minimum Gasteiger partial charge on any atom is -0.337 e. The highest BCUT2D eigenvalue weighted by Gasteiger charge is 2.31. The van der Waals surface area contributed by atoms with E-state index in [4.69, 9.17) is 11.6 Å². The van der Waals surface area contributed by atoms with Crippen LogP contribution in [0.1, 0.15) is 24.5 Å². The summed E-state index contributed by atoms with van der Waals surface area (Å²) < 4.78 is 26.8. The van der Waals surface area contributed by atoms with Gasteiger partial charge in [0.25, 0.3) is 15.9 Å². The lowest BCUT2D eigenvalue weighted by Crippen LogP contribution is -2.47. The van der Waals surface area contributed by atoms with Crippen molar-refractivity contribution in [2.45, 2.75) is 24.4 Å². The van der Waals surface area contributed by atoms with E-state index in [1.165, 1.54) is 29.2 Å².